The lowest BCUT2D eigenvalue weighted by atomic mass is 10.1. The number of rotatable bonds is 2. The highest BCUT2D eigenvalue weighted by Crippen LogP contribution is 2.31. The van der Waals surface area contributed by atoms with Crippen molar-refractivity contribution in [1.29, 1.82) is 0 Å². The second kappa shape index (κ2) is 5.75. The molecule has 0 saturated carbocycles. The molecule has 0 radical (unpaired) electrons. The maximum Gasteiger partial charge on any atom is 0.255 e. The van der Waals surface area contributed by atoms with Crippen LogP contribution in [-0.4, -0.2) is 11.0 Å². The van der Waals surface area contributed by atoms with Gasteiger partial charge in [-0.3, -0.25) is 4.79 Å². The Kier molecular flexibility index (Phi) is 4.27. The molecule has 0 spiro atoms. The molecule has 98 valence electrons. The van der Waals surface area contributed by atoms with E-state index in [-0.39, 0.29) is 11.7 Å². The third-order valence-corrected chi connectivity index (χ3v) is 3.70. The van der Waals surface area contributed by atoms with Crippen LogP contribution < -0.4 is 5.32 Å². The van der Waals surface area contributed by atoms with E-state index in [2.05, 4.69) is 37.2 Å². The fourth-order valence-corrected chi connectivity index (χ4v) is 2.60. The summed E-state index contributed by atoms with van der Waals surface area (Å²) >= 11 is 6.57. The van der Waals surface area contributed by atoms with Crippen LogP contribution in [0.25, 0.3) is 0 Å². The van der Waals surface area contributed by atoms with Crippen molar-refractivity contribution in [3.05, 3.63) is 56.5 Å². The lowest BCUT2D eigenvalue weighted by Crippen LogP contribution is -2.11. The Balaban J connectivity index is 2.24. The van der Waals surface area contributed by atoms with Crippen molar-refractivity contribution in [1.82, 2.24) is 0 Å². The van der Waals surface area contributed by atoms with E-state index < -0.39 is 0 Å². The van der Waals surface area contributed by atoms with Crippen molar-refractivity contribution in [2.75, 3.05) is 5.32 Å². The largest absolute Gasteiger partial charge is 0.506 e. The molecule has 0 aliphatic rings. The van der Waals surface area contributed by atoms with E-state index in [0.717, 1.165) is 4.47 Å². The molecule has 2 aromatic carbocycles. The quantitative estimate of drug-likeness (QED) is 0.750. The molecule has 0 aliphatic heterocycles. The Labute approximate surface area is 127 Å². The second-order valence-electron chi connectivity index (χ2n) is 4.09. The number of aromatic hydroxyl groups is 1. The minimum absolute atomic E-state index is 0.181. The number of aryl methyl sites for hydroxylation is 1. The molecule has 0 aliphatic carbocycles. The first kappa shape index (κ1) is 14.1. The molecular weight excluding hydrogens is 374 g/mol. The molecule has 0 heterocycles. The van der Waals surface area contributed by atoms with Gasteiger partial charge in [-0.1, -0.05) is 22.0 Å². The summed E-state index contributed by atoms with van der Waals surface area (Å²) in [4.78, 5) is 12.1. The van der Waals surface area contributed by atoms with Gasteiger partial charge in [-0.25, -0.2) is 0 Å². The van der Waals surface area contributed by atoms with Crippen molar-refractivity contribution in [2.45, 2.75) is 6.92 Å². The number of hydrogen-bond donors (Lipinski definition) is 2. The summed E-state index contributed by atoms with van der Waals surface area (Å²) in [6.45, 7) is 1.77. The molecule has 3 nitrogen and oxygen atoms in total. The van der Waals surface area contributed by atoms with Crippen LogP contribution in [0.2, 0.25) is 0 Å². The van der Waals surface area contributed by atoms with Gasteiger partial charge >= 0.3 is 0 Å². The van der Waals surface area contributed by atoms with Gasteiger partial charge in [0.05, 0.1) is 4.47 Å². The highest BCUT2D eigenvalue weighted by Gasteiger charge is 2.09. The Morgan fingerprint density at radius 2 is 1.95 bits per heavy atom. The molecule has 2 aromatic rings. The molecule has 0 bridgehead atoms. The maximum atomic E-state index is 12.1. The Morgan fingerprint density at radius 1 is 1.21 bits per heavy atom. The van der Waals surface area contributed by atoms with E-state index in [1.54, 1.807) is 37.3 Å². The lowest BCUT2D eigenvalue weighted by Gasteiger charge is -2.09. The van der Waals surface area contributed by atoms with Crippen molar-refractivity contribution in [3.63, 3.8) is 0 Å². The summed E-state index contributed by atoms with van der Waals surface area (Å²) in [5, 5.41) is 12.4. The van der Waals surface area contributed by atoms with Gasteiger partial charge in [0.15, 0.2) is 0 Å². The monoisotopic (exact) mass is 383 g/mol. The highest BCUT2D eigenvalue weighted by atomic mass is 79.9. The number of nitrogens with one attached hydrogen (secondary N) is 1. The highest BCUT2D eigenvalue weighted by molar-refractivity contribution is 9.10. The number of carbonyl (C=O) groups is 1. The molecule has 0 fully saturated rings. The van der Waals surface area contributed by atoms with Crippen LogP contribution in [-0.2, 0) is 0 Å². The molecule has 2 N–H and O–H groups in total. The van der Waals surface area contributed by atoms with Gasteiger partial charge in [-0.05, 0) is 58.7 Å². The number of hydrogen-bond acceptors (Lipinski definition) is 2. The van der Waals surface area contributed by atoms with Crippen LogP contribution in [0, 0.1) is 6.92 Å². The van der Waals surface area contributed by atoms with Crippen molar-refractivity contribution >= 4 is 43.5 Å². The third-order valence-electron chi connectivity index (χ3n) is 2.60. The van der Waals surface area contributed by atoms with Gasteiger partial charge in [0.1, 0.15) is 5.75 Å². The zero-order valence-corrected chi connectivity index (χ0v) is 13.2. The molecule has 0 atom stereocenters. The second-order valence-corrected chi connectivity index (χ2v) is 5.86. The number of phenols is 1. The summed E-state index contributed by atoms with van der Waals surface area (Å²) in [5.74, 6) is -0.0151. The first-order valence-electron chi connectivity index (χ1n) is 5.53. The molecule has 0 unspecified atom stereocenters. The number of halogens is 2. The topological polar surface area (TPSA) is 49.3 Å². The van der Waals surface area contributed by atoms with E-state index in [1.807, 2.05) is 6.07 Å². The summed E-state index contributed by atoms with van der Waals surface area (Å²) in [7, 11) is 0. The lowest BCUT2D eigenvalue weighted by molar-refractivity contribution is 0.102. The van der Waals surface area contributed by atoms with Crippen molar-refractivity contribution in [2.24, 2.45) is 0 Å². The molecular formula is C14H11Br2NO2. The van der Waals surface area contributed by atoms with E-state index in [4.69, 9.17) is 0 Å². The summed E-state index contributed by atoms with van der Waals surface area (Å²) in [6, 6.07) is 10.5. The zero-order valence-electron chi connectivity index (χ0n) is 10.1. The molecule has 1 amide bonds. The van der Waals surface area contributed by atoms with Crippen molar-refractivity contribution < 1.29 is 9.90 Å². The van der Waals surface area contributed by atoms with Crippen LogP contribution >= 0.6 is 31.9 Å². The number of amides is 1. The normalized spacial score (nSPS) is 10.3. The average Bonchev–Trinajstić information content (AvgIpc) is 2.36. The van der Waals surface area contributed by atoms with Gasteiger partial charge in [0.2, 0.25) is 0 Å². The number of carbonyl (C=O) groups excluding carboxylic acids is 1. The first-order valence-corrected chi connectivity index (χ1v) is 7.12. The van der Waals surface area contributed by atoms with Crippen LogP contribution in [0.5, 0.6) is 5.75 Å². The smallest absolute Gasteiger partial charge is 0.255 e. The van der Waals surface area contributed by atoms with E-state index in [0.29, 0.717) is 21.3 Å². The Hall–Kier alpha value is -1.33. The van der Waals surface area contributed by atoms with Crippen LogP contribution in [0.4, 0.5) is 5.69 Å². The predicted molar refractivity (Wildman–Crippen MR) is 82.6 cm³/mol. The SMILES string of the molecule is Cc1cc(NC(=O)c2cccc(Br)c2)cc(Br)c1O. The first-order chi connectivity index (χ1) is 8.97. The van der Waals surface area contributed by atoms with Gasteiger partial charge < -0.3 is 10.4 Å². The van der Waals surface area contributed by atoms with Crippen LogP contribution in [0.1, 0.15) is 15.9 Å². The Morgan fingerprint density at radius 3 is 2.58 bits per heavy atom. The fourth-order valence-electron chi connectivity index (χ4n) is 1.64. The van der Waals surface area contributed by atoms with Gasteiger partial charge in [-0.15, -0.1) is 0 Å². The molecule has 19 heavy (non-hydrogen) atoms. The number of phenolic OH excluding ortho intramolecular Hbond substituents is 1. The molecule has 0 saturated heterocycles. The average molecular weight is 385 g/mol. The predicted octanol–water partition coefficient (Wildman–Crippen LogP) is 4.48. The van der Waals surface area contributed by atoms with Crippen LogP contribution in [0.3, 0.4) is 0 Å². The molecule has 0 aromatic heterocycles. The molecule has 5 heteroatoms. The molecule has 2 rings (SSSR count). The number of anilines is 1. The summed E-state index contributed by atoms with van der Waals surface area (Å²) in [6.07, 6.45) is 0. The van der Waals surface area contributed by atoms with Gasteiger partial charge in [0.25, 0.3) is 5.91 Å². The minimum atomic E-state index is -0.196. The zero-order chi connectivity index (χ0) is 14.0. The standard InChI is InChI=1S/C14H11Br2NO2/c1-8-5-11(7-12(16)13(8)18)17-14(19)9-3-2-4-10(15)6-9/h2-7,18H,1H3,(H,17,19). The minimum Gasteiger partial charge on any atom is -0.506 e. The van der Waals surface area contributed by atoms with Crippen molar-refractivity contribution in [3.8, 4) is 5.75 Å². The number of benzene rings is 2. The Bertz CT molecular complexity index is 618. The van der Waals surface area contributed by atoms with E-state index in [9.17, 15) is 9.90 Å². The summed E-state index contributed by atoms with van der Waals surface area (Å²) < 4.78 is 1.40. The van der Waals surface area contributed by atoms with Gasteiger partial charge in [-0.2, -0.15) is 0 Å². The summed E-state index contributed by atoms with van der Waals surface area (Å²) in [5.41, 5.74) is 1.89. The fraction of sp³-hybridized carbons (Fsp3) is 0.0714. The van der Waals surface area contributed by atoms with E-state index in [1.165, 1.54) is 0 Å². The van der Waals surface area contributed by atoms with E-state index >= 15 is 0 Å². The third kappa shape index (κ3) is 3.36. The van der Waals surface area contributed by atoms with Crippen LogP contribution in [0.15, 0.2) is 45.3 Å². The van der Waals surface area contributed by atoms with Gasteiger partial charge in [0, 0.05) is 15.7 Å². The maximum absolute atomic E-state index is 12.1.